The van der Waals surface area contributed by atoms with Crippen LogP contribution in [0.4, 0.5) is 4.79 Å². The van der Waals surface area contributed by atoms with Gasteiger partial charge in [-0.05, 0) is 50.6 Å². The number of nitrogens with one attached hydrogen (secondary N) is 1. The average Bonchev–Trinajstić information content (AvgIpc) is 3.14. The van der Waals surface area contributed by atoms with Gasteiger partial charge in [0.25, 0.3) is 0 Å². The van der Waals surface area contributed by atoms with E-state index in [9.17, 15) is 4.79 Å². The maximum atomic E-state index is 12.3. The Morgan fingerprint density at radius 3 is 2.88 bits per heavy atom. The Morgan fingerprint density at radius 1 is 1.33 bits per heavy atom. The molecule has 0 aliphatic carbocycles. The van der Waals surface area contributed by atoms with Gasteiger partial charge in [0.1, 0.15) is 0 Å². The van der Waals surface area contributed by atoms with E-state index in [2.05, 4.69) is 28.2 Å². The molecular formula is C19H26N4O. The van der Waals surface area contributed by atoms with E-state index in [4.69, 9.17) is 0 Å². The van der Waals surface area contributed by atoms with E-state index in [1.807, 2.05) is 37.5 Å². The van der Waals surface area contributed by atoms with Gasteiger partial charge in [-0.15, -0.1) is 0 Å². The van der Waals surface area contributed by atoms with Crippen molar-refractivity contribution < 1.29 is 4.79 Å². The van der Waals surface area contributed by atoms with Crippen molar-refractivity contribution in [3.8, 4) is 0 Å². The van der Waals surface area contributed by atoms with Gasteiger partial charge in [-0.1, -0.05) is 18.2 Å². The highest BCUT2D eigenvalue weighted by molar-refractivity contribution is 5.79. The Labute approximate surface area is 143 Å². The summed E-state index contributed by atoms with van der Waals surface area (Å²) in [6.07, 6.45) is 4.39. The first-order valence-electron chi connectivity index (χ1n) is 8.70. The fourth-order valence-electron chi connectivity index (χ4n) is 3.23. The van der Waals surface area contributed by atoms with Gasteiger partial charge >= 0.3 is 6.03 Å². The number of urea groups is 1. The van der Waals surface area contributed by atoms with Crippen molar-refractivity contribution in [2.75, 3.05) is 26.7 Å². The lowest BCUT2D eigenvalue weighted by Crippen LogP contribution is -2.44. The first kappa shape index (κ1) is 16.7. The van der Waals surface area contributed by atoms with Gasteiger partial charge in [0, 0.05) is 37.8 Å². The molecule has 0 bridgehead atoms. The van der Waals surface area contributed by atoms with Crippen LogP contribution in [0.25, 0.3) is 10.9 Å². The molecule has 2 aromatic rings. The maximum Gasteiger partial charge on any atom is 0.317 e. The summed E-state index contributed by atoms with van der Waals surface area (Å²) >= 11 is 0. The zero-order valence-electron chi connectivity index (χ0n) is 14.5. The second kappa shape index (κ2) is 7.62. The van der Waals surface area contributed by atoms with Crippen LogP contribution < -0.4 is 5.32 Å². The summed E-state index contributed by atoms with van der Waals surface area (Å²) < 4.78 is 0. The molecule has 1 aromatic carbocycles. The predicted octanol–water partition coefficient (Wildman–Crippen LogP) is 2.86. The first-order chi connectivity index (χ1) is 11.6. The van der Waals surface area contributed by atoms with Gasteiger partial charge < -0.3 is 10.2 Å². The second-order valence-electron chi connectivity index (χ2n) is 6.67. The highest BCUT2D eigenvalue weighted by Crippen LogP contribution is 2.14. The van der Waals surface area contributed by atoms with Gasteiger partial charge in [0.05, 0.1) is 5.52 Å². The molecule has 128 valence electrons. The normalized spacial score (nSPS) is 16.2. The molecule has 1 aromatic heterocycles. The zero-order chi connectivity index (χ0) is 16.9. The first-order valence-corrected chi connectivity index (χ1v) is 8.70. The molecule has 0 radical (unpaired) electrons. The van der Waals surface area contributed by atoms with E-state index < -0.39 is 0 Å². The third kappa shape index (κ3) is 4.03. The minimum Gasteiger partial charge on any atom is -0.336 e. The summed E-state index contributed by atoms with van der Waals surface area (Å²) in [7, 11) is 1.82. The average molecular weight is 326 g/mol. The van der Waals surface area contributed by atoms with E-state index in [1.165, 1.54) is 12.8 Å². The molecule has 1 atom stereocenters. The van der Waals surface area contributed by atoms with Crippen LogP contribution in [0.5, 0.6) is 0 Å². The van der Waals surface area contributed by atoms with Crippen LogP contribution in [0.1, 0.15) is 25.3 Å². The molecule has 5 nitrogen and oxygen atoms in total. The van der Waals surface area contributed by atoms with Gasteiger partial charge in [0.15, 0.2) is 0 Å². The number of rotatable bonds is 5. The van der Waals surface area contributed by atoms with E-state index in [-0.39, 0.29) is 6.03 Å². The summed E-state index contributed by atoms with van der Waals surface area (Å²) in [5, 5.41) is 4.14. The van der Waals surface area contributed by atoms with Crippen molar-refractivity contribution in [3.05, 3.63) is 42.1 Å². The number of aromatic nitrogens is 1. The molecule has 5 heteroatoms. The number of likely N-dealkylation sites (tertiary alicyclic amines) is 1. The van der Waals surface area contributed by atoms with Crippen molar-refractivity contribution >= 4 is 16.9 Å². The Bertz CT molecular complexity index is 697. The summed E-state index contributed by atoms with van der Waals surface area (Å²) in [4.78, 5) is 20.9. The molecule has 0 saturated carbocycles. The lowest BCUT2D eigenvalue weighted by Gasteiger charge is -2.25. The number of nitrogens with zero attached hydrogens (tertiary/aromatic N) is 3. The predicted molar refractivity (Wildman–Crippen MR) is 96.9 cm³/mol. The van der Waals surface area contributed by atoms with E-state index >= 15 is 0 Å². The standard InChI is InChI=1S/C19H26N4O/c1-15(23-9-5-6-10-23)12-21-19(24)22(2)14-16-11-17-7-3-4-8-18(17)20-13-16/h3-4,7-8,11,13,15H,5-6,9-10,12,14H2,1-2H3,(H,21,24)/t15-/m0/s1. The number of hydrogen-bond acceptors (Lipinski definition) is 3. The number of hydrogen-bond donors (Lipinski definition) is 1. The molecule has 1 aliphatic heterocycles. The molecule has 24 heavy (non-hydrogen) atoms. The van der Waals surface area contributed by atoms with Crippen LogP contribution >= 0.6 is 0 Å². The number of benzene rings is 1. The SMILES string of the molecule is C[C@@H](CNC(=O)N(C)Cc1cnc2ccccc2c1)N1CCCC1. The molecule has 1 fully saturated rings. The molecule has 1 aliphatic rings. The van der Waals surface area contributed by atoms with E-state index in [0.717, 1.165) is 29.6 Å². The van der Waals surface area contributed by atoms with Gasteiger partial charge in [-0.25, -0.2) is 4.79 Å². The summed E-state index contributed by atoms with van der Waals surface area (Å²) in [6.45, 7) is 5.73. The summed E-state index contributed by atoms with van der Waals surface area (Å²) in [5.41, 5.74) is 2.02. The van der Waals surface area contributed by atoms with Crippen molar-refractivity contribution in [1.82, 2.24) is 20.1 Å². The third-order valence-corrected chi connectivity index (χ3v) is 4.73. The number of carbonyl (C=O) groups is 1. The van der Waals surface area contributed by atoms with Crippen LogP contribution in [-0.4, -0.2) is 53.5 Å². The number of fused-ring (bicyclic) bond motifs is 1. The van der Waals surface area contributed by atoms with E-state index in [1.54, 1.807) is 4.90 Å². The smallest absolute Gasteiger partial charge is 0.317 e. The maximum absolute atomic E-state index is 12.3. The van der Waals surface area contributed by atoms with E-state index in [0.29, 0.717) is 19.1 Å². The highest BCUT2D eigenvalue weighted by Gasteiger charge is 2.19. The fraction of sp³-hybridized carbons (Fsp3) is 0.474. The minimum absolute atomic E-state index is 0.0331. The lowest BCUT2D eigenvalue weighted by atomic mass is 10.1. The Kier molecular flexibility index (Phi) is 5.30. The monoisotopic (exact) mass is 326 g/mol. The molecule has 3 rings (SSSR count). The number of amides is 2. The molecule has 2 heterocycles. The van der Waals surface area contributed by atoms with Crippen LogP contribution in [0.3, 0.4) is 0 Å². The van der Waals surface area contributed by atoms with Crippen LogP contribution in [0.15, 0.2) is 36.5 Å². The molecule has 1 N–H and O–H groups in total. The van der Waals surface area contributed by atoms with Crippen molar-refractivity contribution in [2.45, 2.75) is 32.4 Å². The van der Waals surface area contributed by atoms with Gasteiger partial charge in [0.2, 0.25) is 0 Å². The molecular weight excluding hydrogens is 300 g/mol. The third-order valence-electron chi connectivity index (χ3n) is 4.73. The summed E-state index contributed by atoms with van der Waals surface area (Å²) in [5.74, 6) is 0. The molecule has 0 spiro atoms. The number of pyridine rings is 1. The highest BCUT2D eigenvalue weighted by atomic mass is 16.2. The van der Waals surface area contributed by atoms with Crippen molar-refractivity contribution in [1.29, 1.82) is 0 Å². The lowest BCUT2D eigenvalue weighted by molar-refractivity contribution is 0.198. The van der Waals surface area contributed by atoms with Gasteiger partial charge in [-0.2, -0.15) is 0 Å². The van der Waals surface area contributed by atoms with Crippen LogP contribution in [-0.2, 0) is 6.54 Å². The molecule has 2 amide bonds. The molecule has 1 saturated heterocycles. The second-order valence-corrected chi connectivity index (χ2v) is 6.67. The minimum atomic E-state index is -0.0331. The Balaban J connectivity index is 1.52. The number of carbonyl (C=O) groups excluding carboxylic acids is 1. The Hall–Kier alpha value is -2.14. The molecule has 0 unspecified atom stereocenters. The van der Waals surface area contributed by atoms with Crippen molar-refractivity contribution in [3.63, 3.8) is 0 Å². The largest absolute Gasteiger partial charge is 0.336 e. The van der Waals surface area contributed by atoms with Gasteiger partial charge in [-0.3, -0.25) is 9.88 Å². The number of para-hydroxylation sites is 1. The Morgan fingerprint density at radius 2 is 2.08 bits per heavy atom. The summed E-state index contributed by atoms with van der Waals surface area (Å²) in [6, 6.07) is 10.5. The van der Waals surface area contributed by atoms with Crippen molar-refractivity contribution in [2.24, 2.45) is 0 Å². The zero-order valence-corrected chi connectivity index (χ0v) is 14.5. The topological polar surface area (TPSA) is 48.5 Å². The fourth-order valence-corrected chi connectivity index (χ4v) is 3.23. The van der Waals surface area contributed by atoms with Crippen LogP contribution in [0, 0.1) is 0 Å². The van der Waals surface area contributed by atoms with Crippen LogP contribution in [0.2, 0.25) is 0 Å². The quantitative estimate of drug-likeness (QED) is 0.919.